The Hall–Kier alpha value is -1.77. The number of rotatable bonds is 3. The van der Waals surface area contributed by atoms with Crippen molar-refractivity contribution in [1.29, 1.82) is 0 Å². The maximum Gasteiger partial charge on any atom is 0.123 e. The SMILES string of the molecule is Cc1ncncc1CCc1ccc(F)cc1. The molecule has 0 radical (unpaired) electrons. The minimum atomic E-state index is -0.192. The molecule has 2 rings (SSSR count). The molecular weight excluding hydrogens is 203 g/mol. The van der Waals surface area contributed by atoms with Gasteiger partial charge in [-0.15, -0.1) is 0 Å². The van der Waals surface area contributed by atoms with Crippen LogP contribution in [-0.2, 0) is 12.8 Å². The average Bonchev–Trinajstić information content (AvgIpc) is 2.30. The molecule has 0 saturated heterocycles. The summed E-state index contributed by atoms with van der Waals surface area (Å²) < 4.78 is 12.7. The van der Waals surface area contributed by atoms with Crippen LogP contribution >= 0.6 is 0 Å². The van der Waals surface area contributed by atoms with Gasteiger partial charge in [0, 0.05) is 11.9 Å². The molecule has 1 heterocycles. The monoisotopic (exact) mass is 216 g/mol. The predicted octanol–water partition coefficient (Wildman–Crippen LogP) is 2.71. The van der Waals surface area contributed by atoms with Gasteiger partial charge in [-0.3, -0.25) is 0 Å². The maximum absolute atomic E-state index is 12.7. The molecule has 0 aliphatic heterocycles. The number of aryl methyl sites for hydroxylation is 3. The van der Waals surface area contributed by atoms with E-state index < -0.39 is 0 Å². The lowest BCUT2D eigenvalue weighted by atomic mass is 10.0. The summed E-state index contributed by atoms with van der Waals surface area (Å²) in [5.74, 6) is -0.192. The van der Waals surface area contributed by atoms with E-state index in [4.69, 9.17) is 0 Å². The summed E-state index contributed by atoms with van der Waals surface area (Å²) in [7, 11) is 0. The van der Waals surface area contributed by atoms with Crippen LogP contribution in [-0.4, -0.2) is 9.97 Å². The molecule has 0 saturated carbocycles. The standard InChI is InChI=1S/C13H13FN2/c1-10-12(8-15-9-16-10)5-2-11-3-6-13(14)7-4-11/h3-4,6-9H,2,5H2,1H3. The minimum absolute atomic E-state index is 0.192. The van der Waals surface area contributed by atoms with Crippen LogP contribution in [0.4, 0.5) is 4.39 Å². The molecule has 0 aliphatic rings. The van der Waals surface area contributed by atoms with Gasteiger partial charge in [-0.2, -0.15) is 0 Å². The fourth-order valence-electron chi connectivity index (χ4n) is 1.60. The first-order valence-corrected chi connectivity index (χ1v) is 5.25. The van der Waals surface area contributed by atoms with Gasteiger partial charge in [-0.1, -0.05) is 12.1 Å². The Morgan fingerprint density at radius 2 is 1.88 bits per heavy atom. The van der Waals surface area contributed by atoms with E-state index in [0.29, 0.717) is 0 Å². The van der Waals surface area contributed by atoms with Crippen LogP contribution in [0.5, 0.6) is 0 Å². The summed E-state index contributed by atoms with van der Waals surface area (Å²) in [6.07, 6.45) is 5.16. The van der Waals surface area contributed by atoms with Crippen LogP contribution in [0, 0.1) is 12.7 Å². The summed E-state index contributed by atoms with van der Waals surface area (Å²) in [5, 5.41) is 0. The van der Waals surface area contributed by atoms with E-state index in [1.165, 1.54) is 12.1 Å². The third kappa shape index (κ3) is 2.63. The second kappa shape index (κ2) is 4.84. The summed E-state index contributed by atoms with van der Waals surface area (Å²) >= 11 is 0. The number of hydrogen-bond donors (Lipinski definition) is 0. The van der Waals surface area contributed by atoms with Crippen LogP contribution < -0.4 is 0 Å². The Morgan fingerprint density at radius 3 is 2.56 bits per heavy atom. The van der Waals surface area contributed by atoms with E-state index in [1.54, 1.807) is 6.33 Å². The molecule has 0 N–H and O–H groups in total. The third-order valence-corrected chi connectivity index (χ3v) is 2.61. The molecule has 0 atom stereocenters. The quantitative estimate of drug-likeness (QED) is 0.788. The van der Waals surface area contributed by atoms with Crippen molar-refractivity contribution in [3.05, 3.63) is 59.4 Å². The fraction of sp³-hybridized carbons (Fsp3) is 0.231. The van der Waals surface area contributed by atoms with Gasteiger partial charge in [0.1, 0.15) is 12.1 Å². The molecule has 82 valence electrons. The zero-order valence-corrected chi connectivity index (χ0v) is 9.15. The van der Waals surface area contributed by atoms with Crippen molar-refractivity contribution in [3.63, 3.8) is 0 Å². The molecule has 1 aromatic heterocycles. The molecule has 0 fully saturated rings. The van der Waals surface area contributed by atoms with Crippen LogP contribution in [0.3, 0.4) is 0 Å². The first kappa shape index (κ1) is 10.7. The van der Waals surface area contributed by atoms with Gasteiger partial charge in [0.2, 0.25) is 0 Å². The van der Waals surface area contributed by atoms with E-state index in [0.717, 1.165) is 29.7 Å². The van der Waals surface area contributed by atoms with E-state index in [1.807, 2.05) is 25.3 Å². The normalized spacial score (nSPS) is 10.4. The first-order valence-electron chi connectivity index (χ1n) is 5.25. The highest BCUT2D eigenvalue weighted by Crippen LogP contribution is 2.09. The smallest absolute Gasteiger partial charge is 0.123 e. The molecule has 0 spiro atoms. The number of benzene rings is 1. The highest BCUT2D eigenvalue weighted by atomic mass is 19.1. The Morgan fingerprint density at radius 1 is 1.12 bits per heavy atom. The highest BCUT2D eigenvalue weighted by molar-refractivity contribution is 5.20. The number of aromatic nitrogens is 2. The molecular formula is C13H13FN2. The number of hydrogen-bond acceptors (Lipinski definition) is 2. The Bertz CT molecular complexity index is 466. The maximum atomic E-state index is 12.7. The van der Waals surface area contributed by atoms with Crippen molar-refractivity contribution in [3.8, 4) is 0 Å². The molecule has 0 bridgehead atoms. The zero-order valence-electron chi connectivity index (χ0n) is 9.15. The first-order chi connectivity index (χ1) is 7.75. The lowest BCUT2D eigenvalue weighted by Crippen LogP contribution is -1.97. The minimum Gasteiger partial charge on any atom is -0.245 e. The van der Waals surface area contributed by atoms with Crippen molar-refractivity contribution >= 4 is 0 Å². The lowest BCUT2D eigenvalue weighted by Gasteiger charge is -2.04. The van der Waals surface area contributed by atoms with Crippen molar-refractivity contribution in [2.24, 2.45) is 0 Å². The molecule has 1 aromatic carbocycles. The second-order valence-corrected chi connectivity index (χ2v) is 3.76. The molecule has 2 nitrogen and oxygen atoms in total. The molecule has 0 amide bonds. The third-order valence-electron chi connectivity index (χ3n) is 2.61. The van der Waals surface area contributed by atoms with Crippen LogP contribution in [0.2, 0.25) is 0 Å². The summed E-state index contributed by atoms with van der Waals surface area (Å²) in [6, 6.07) is 6.61. The molecule has 2 aromatic rings. The van der Waals surface area contributed by atoms with Crippen molar-refractivity contribution in [1.82, 2.24) is 9.97 Å². The van der Waals surface area contributed by atoms with Crippen molar-refractivity contribution < 1.29 is 4.39 Å². The number of nitrogens with zero attached hydrogens (tertiary/aromatic N) is 2. The van der Waals surface area contributed by atoms with Crippen LogP contribution in [0.1, 0.15) is 16.8 Å². The highest BCUT2D eigenvalue weighted by Gasteiger charge is 2.00. The summed E-state index contributed by atoms with van der Waals surface area (Å²) in [6.45, 7) is 1.97. The summed E-state index contributed by atoms with van der Waals surface area (Å²) in [5.41, 5.74) is 3.29. The lowest BCUT2D eigenvalue weighted by molar-refractivity contribution is 0.627. The van der Waals surface area contributed by atoms with Gasteiger partial charge in [-0.05, 0) is 43.0 Å². The molecule has 3 heteroatoms. The van der Waals surface area contributed by atoms with Gasteiger partial charge >= 0.3 is 0 Å². The van der Waals surface area contributed by atoms with E-state index in [9.17, 15) is 4.39 Å². The van der Waals surface area contributed by atoms with E-state index in [-0.39, 0.29) is 5.82 Å². The number of halogens is 1. The van der Waals surface area contributed by atoms with Gasteiger partial charge in [0.05, 0.1) is 0 Å². The summed E-state index contributed by atoms with van der Waals surface area (Å²) in [4.78, 5) is 8.14. The van der Waals surface area contributed by atoms with Crippen LogP contribution in [0.15, 0.2) is 36.8 Å². The average molecular weight is 216 g/mol. The van der Waals surface area contributed by atoms with E-state index >= 15 is 0 Å². The van der Waals surface area contributed by atoms with Crippen molar-refractivity contribution in [2.45, 2.75) is 19.8 Å². The molecule has 0 unspecified atom stereocenters. The van der Waals surface area contributed by atoms with Crippen LogP contribution in [0.25, 0.3) is 0 Å². The molecule has 16 heavy (non-hydrogen) atoms. The molecule has 0 aliphatic carbocycles. The topological polar surface area (TPSA) is 25.8 Å². The predicted molar refractivity (Wildman–Crippen MR) is 60.6 cm³/mol. The van der Waals surface area contributed by atoms with Gasteiger partial charge in [0.25, 0.3) is 0 Å². The second-order valence-electron chi connectivity index (χ2n) is 3.76. The van der Waals surface area contributed by atoms with Gasteiger partial charge in [0.15, 0.2) is 0 Å². The van der Waals surface area contributed by atoms with Gasteiger partial charge in [-0.25, -0.2) is 14.4 Å². The fourth-order valence-corrected chi connectivity index (χ4v) is 1.60. The largest absolute Gasteiger partial charge is 0.245 e. The Labute approximate surface area is 94.2 Å². The Kier molecular flexibility index (Phi) is 3.25. The zero-order chi connectivity index (χ0) is 11.4. The van der Waals surface area contributed by atoms with E-state index in [2.05, 4.69) is 9.97 Å². The van der Waals surface area contributed by atoms with Gasteiger partial charge < -0.3 is 0 Å². The Balaban J connectivity index is 2.02. The van der Waals surface area contributed by atoms with Crippen molar-refractivity contribution in [2.75, 3.05) is 0 Å².